The first-order valence-electron chi connectivity index (χ1n) is 9.67. The van der Waals surface area contributed by atoms with E-state index in [9.17, 15) is 18.0 Å². The lowest BCUT2D eigenvalue weighted by atomic mass is 10.1. The summed E-state index contributed by atoms with van der Waals surface area (Å²) >= 11 is 7.85. The van der Waals surface area contributed by atoms with Gasteiger partial charge in [-0.3, -0.25) is 9.59 Å². The fraction of sp³-hybridized carbons (Fsp3) is 0.130. The summed E-state index contributed by atoms with van der Waals surface area (Å²) in [6.07, 6.45) is 1.75. The molecule has 1 aliphatic heterocycles. The maximum Gasteiger partial charge on any atom is 0.255 e. The third kappa shape index (κ3) is 4.98. The predicted octanol–water partition coefficient (Wildman–Crippen LogP) is 4.65. The second-order valence-corrected chi connectivity index (χ2v) is 11.0. The highest BCUT2D eigenvalue weighted by Gasteiger charge is 2.28. The van der Waals surface area contributed by atoms with Crippen LogP contribution in [0.15, 0.2) is 76.5 Å². The Morgan fingerprint density at radius 1 is 1.00 bits per heavy atom. The molecule has 32 heavy (non-hydrogen) atoms. The number of sulfone groups is 1. The Bertz CT molecular complexity index is 1300. The number of nitrogens with one attached hydrogen (secondary N) is 2. The molecule has 1 atom stereocenters. The number of fused-ring (bicyclic) bond motifs is 1. The molecule has 0 fully saturated rings. The van der Waals surface area contributed by atoms with Crippen molar-refractivity contribution < 1.29 is 18.0 Å². The normalized spacial score (nSPS) is 15.1. The van der Waals surface area contributed by atoms with Gasteiger partial charge in [0.2, 0.25) is 5.91 Å². The van der Waals surface area contributed by atoms with Crippen molar-refractivity contribution in [1.82, 2.24) is 0 Å². The molecule has 0 aromatic heterocycles. The third-order valence-corrected chi connectivity index (χ3v) is 7.69. The molecule has 0 aliphatic carbocycles. The number of halogens is 1. The van der Waals surface area contributed by atoms with Crippen molar-refractivity contribution in [3.05, 3.63) is 82.9 Å². The average molecular weight is 487 g/mol. The van der Waals surface area contributed by atoms with E-state index >= 15 is 0 Å². The molecule has 0 saturated heterocycles. The number of thioether (sulfide) groups is 1. The zero-order valence-corrected chi connectivity index (χ0v) is 19.4. The second-order valence-electron chi connectivity index (χ2n) is 7.36. The van der Waals surface area contributed by atoms with Gasteiger partial charge in [-0.25, -0.2) is 8.42 Å². The Morgan fingerprint density at radius 3 is 2.50 bits per heavy atom. The van der Waals surface area contributed by atoms with E-state index in [0.717, 1.165) is 16.7 Å². The maximum absolute atomic E-state index is 12.7. The van der Waals surface area contributed by atoms with Crippen molar-refractivity contribution in [1.29, 1.82) is 0 Å². The van der Waals surface area contributed by atoms with E-state index in [1.54, 1.807) is 18.2 Å². The van der Waals surface area contributed by atoms with Crippen molar-refractivity contribution in [2.24, 2.45) is 0 Å². The van der Waals surface area contributed by atoms with E-state index < -0.39 is 15.7 Å². The minimum atomic E-state index is -3.43. The van der Waals surface area contributed by atoms with E-state index in [2.05, 4.69) is 10.6 Å². The van der Waals surface area contributed by atoms with Gasteiger partial charge >= 0.3 is 0 Å². The summed E-state index contributed by atoms with van der Waals surface area (Å²) in [5, 5.41) is 5.58. The van der Waals surface area contributed by atoms with Crippen LogP contribution in [0.25, 0.3) is 0 Å². The molecule has 0 bridgehead atoms. The zero-order valence-electron chi connectivity index (χ0n) is 17.0. The quantitative estimate of drug-likeness (QED) is 0.547. The molecule has 6 nitrogen and oxygen atoms in total. The Hall–Kier alpha value is -2.81. The van der Waals surface area contributed by atoms with Crippen LogP contribution < -0.4 is 10.6 Å². The Balaban J connectivity index is 1.43. The van der Waals surface area contributed by atoms with Gasteiger partial charge in [-0.05, 0) is 54.4 Å². The Morgan fingerprint density at radius 2 is 1.78 bits per heavy atom. The van der Waals surface area contributed by atoms with Gasteiger partial charge in [-0.1, -0.05) is 35.9 Å². The molecule has 9 heteroatoms. The van der Waals surface area contributed by atoms with E-state index in [-0.39, 0.29) is 26.6 Å². The molecule has 2 N–H and O–H groups in total. The number of hydrogen-bond donors (Lipinski definition) is 2. The number of carbonyl (C=O) groups is 2. The first-order chi connectivity index (χ1) is 15.2. The molecular formula is C23H19ClN2O4S2. The zero-order chi connectivity index (χ0) is 22.9. The lowest BCUT2D eigenvalue weighted by molar-refractivity contribution is -0.115. The molecule has 164 valence electrons. The average Bonchev–Trinajstić information content (AvgIpc) is 3.19. The summed E-state index contributed by atoms with van der Waals surface area (Å²) in [5.74, 6) is -0.606. The number of amides is 2. The second kappa shape index (κ2) is 8.97. The smallest absolute Gasteiger partial charge is 0.255 e. The molecular weight excluding hydrogens is 468 g/mol. The summed E-state index contributed by atoms with van der Waals surface area (Å²) < 4.78 is 23.4. The molecule has 4 rings (SSSR count). The maximum atomic E-state index is 12.7. The van der Waals surface area contributed by atoms with Crippen molar-refractivity contribution in [3.63, 3.8) is 0 Å². The third-order valence-electron chi connectivity index (χ3n) is 4.95. The SMILES string of the molecule is CS(=O)(=O)c1cccc(C(=O)Nc2ccc(NC(=O)C3Cc4ccccc4S3)cc2Cl)c1. The van der Waals surface area contributed by atoms with Crippen LogP contribution in [0.4, 0.5) is 11.4 Å². The number of hydrogen-bond acceptors (Lipinski definition) is 5. The fourth-order valence-electron chi connectivity index (χ4n) is 3.31. The van der Waals surface area contributed by atoms with Crippen LogP contribution in [0.1, 0.15) is 15.9 Å². The van der Waals surface area contributed by atoms with Crippen molar-refractivity contribution >= 4 is 56.4 Å². The van der Waals surface area contributed by atoms with Gasteiger partial charge < -0.3 is 10.6 Å². The van der Waals surface area contributed by atoms with E-state index in [4.69, 9.17) is 11.6 Å². The van der Waals surface area contributed by atoms with Gasteiger partial charge in [-0.15, -0.1) is 11.8 Å². The van der Waals surface area contributed by atoms with Gasteiger partial charge in [0.05, 0.1) is 20.9 Å². The van der Waals surface area contributed by atoms with E-state index in [0.29, 0.717) is 17.8 Å². The van der Waals surface area contributed by atoms with Gasteiger partial charge in [0.15, 0.2) is 9.84 Å². The molecule has 2 amide bonds. The monoisotopic (exact) mass is 486 g/mol. The van der Waals surface area contributed by atoms with Crippen molar-refractivity contribution in [3.8, 4) is 0 Å². The summed E-state index contributed by atoms with van der Waals surface area (Å²) in [5.41, 5.74) is 2.23. The van der Waals surface area contributed by atoms with Gasteiger partial charge in [-0.2, -0.15) is 0 Å². The summed E-state index contributed by atoms with van der Waals surface area (Å²) in [6, 6.07) is 18.5. The van der Waals surface area contributed by atoms with Crippen molar-refractivity contribution in [2.45, 2.75) is 21.5 Å². The number of rotatable bonds is 5. The first-order valence-corrected chi connectivity index (χ1v) is 12.8. The molecule has 3 aromatic carbocycles. The minimum Gasteiger partial charge on any atom is -0.325 e. The Kier molecular flexibility index (Phi) is 6.28. The van der Waals surface area contributed by atoms with Crippen LogP contribution in [-0.2, 0) is 21.1 Å². The standard InChI is InChI=1S/C23H19ClN2O4S2/c1-32(29,30)17-7-4-6-15(11-17)22(27)26-19-10-9-16(13-18(19)24)25-23(28)21-12-14-5-2-3-8-20(14)31-21/h2-11,13,21H,12H2,1H3,(H,25,28)(H,26,27). The molecule has 1 heterocycles. The van der Waals surface area contributed by atoms with Crippen LogP contribution in [0, 0.1) is 0 Å². The fourth-order valence-corrected chi connectivity index (χ4v) is 5.40. The lowest BCUT2D eigenvalue weighted by Gasteiger charge is -2.12. The lowest BCUT2D eigenvalue weighted by Crippen LogP contribution is -2.24. The van der Waals surface area contributed by atoms with Crippen molar-refractivity contribution in [2.75, 3.05) is 16.9 Å². The molecule has 1 aliphatic rings. The molecule has 0 radical (unpaired) electrons. The van der Waals surface area contributed by atoms with Crippen LogP contribution in [0.5, 0.6) is 0 Å². The van der Waals surface area contributed by atoms with Gasteiger partial charge in [0.1, 0.15) is 0 Å². The van der Waals surface area contributed by atoms with E-state index in [1.165, 1.54) is 36.0 Å². The molecule has 0 saturated carbocycles. The highest BCUT2D eigenvalue weighted by molar-refractivity contribution is 8.01. The first kappa shape index (κ1) is 22.4. The highest BCUT2D eigenvalue weighted by atomic mass is 35.5. The van der Waals surface area contributed by atoms with Crippen LogP contribution in [0.2, 0.25) is 5.02 Å². The number of carbonyl (C=O) groups excluding carboxylic acids is 2. The summed E-state index contributed by atoms with van der Waals surface area (Å²) in [6.45, 7) is 0. The van der Waals surface area contributed by atoms with Gasteiger partial charge in [0.25, 0.3) is 5.91 Å². The van der Waals surface area contributed by atoms with E-state index in [1.807, 2.05) is 24.3 Å². The number of benzene rings is 3. The largest absolute Gasteiger partial charge is 0.325 e. The van der Waals surface area contributed by atoms with Gasteiger partial charge in [0, 0.05) is 22.4 Å². The topological polar surface area (TPSA) is 92.3 Å². The van der Waals surface area contributed by atoms with Crippen LogP contribution >= 0.6 is 23.4 Å². The highest BCUT2D eigenvalue weighted by Crippen LogP contribution is 2.37. The molecule has 1 unspecified atom stereocenters. The minimum absolute atomic E-state index is 0.0567. The number of anilines is 2. The summed E-state index contributed by atoms with van der Waals surface area (Å²) in [4.78, 5) is 26.4. The predicted molar refractivity (Wildman–Crippen MR) is 127 cm³/mol. The molecule has 3 aromatic rings. The van der Waals surface area contributed by atoms with Crippen LogP contribution in [0.3, 0.4) is 0 Å². The Labute approximate surface area is 195 Å². The molecule has 0 spiro atoms. The van der Waals surface area contributed by atoms with Crippen LogP contribution in [-0.4, -0.2) is 31.7 Å². The summed E-state index contributed by atoms with van der Waals surface area (Å²) in [7, 11) is -3.43.